The van der Waals surface area contributed by atoms with Crippen molar-refractivity contribution in [2.24, 2.45) is 0 Å². The van der Waals surface area contributed by atoms with Gasteiger partial charge in [-0.2, -0.15) is 4.31 Å². The van der Waals surface area contributed by atoms with Crippen LogP contribution in [0.2, 0.25) is 0 Å². The van der Waals surface area contributed by atoms with Crippen LogP contribution in [0.15, 0.2) is 17.0 Å². The highest BCUT2D eigenvalue weighted by molar-refractivity contribution is 7.89. The molecule has 7 heteroatoms. The lowest BCUT2D eigenvalue weighted by Crippen LogP contribution is -2.37. The van der Waals surface area contributed by atoms with E-state index in [1.807, 2.05) is 0 Å². The summed E-state index contributed by atoms with van der Waals surface area (Å²) >= 11 is 0. The summed E-state index contributed by atoms with van der Waals surface area (Å²) in [5.74, 6) is -0.633. The molecule has 1 unspecified atom stereocenters. The van der Waals surface area contributed by atoms with E-state index in [1.54, 1.807) is 6.92 Å². The molecule has 0 saturated carbocycles. The van der Waals surface area contributed by atoms with E-state index >= 15 is 0 Å². The standard InChI is InChI=1S/C12H19FN2O3S/c1-8(7-18-4)15(3)19(16,17)10-5-11(13)9(2)12(14)6-10/h5-6,8H,7,14H2,1-4H3. The molecule has 0 radical (unpaired) electrons. The lowest BCUT2D eigenvalue weighted by atomic mass is 10.2. The first-order valence-corrected chi connectivity index (χ1v) is 7.18. The Balaban J connectivity index is 3.21. The normalized spacial score (nSPS) is 13.8. The molecule has 0 aliphatic carbocycles. The topological polar surface area (TPSA) is 72.6 Å². The molecule has 1 rings (SSSR count). The van der Waals surface area contributed by atoms with Crippen LogP contribution in [0.25, 0.3) is 0 Å². The van der Waals surface area contributed by atoms with E-state index in [1.165, 1.54) is 27.1 Å². The van der Waals surface area contributed by atoms with Crippen LogP contribution >= 0.6 is 0 Å². The SMILES string of the molecule is COCC(C)N(C)S(=O)(=O)c1cc(N)c(C)c(F)c1. The quantitative estimate of drug-likeness (QED) is 0.831. The van der Waals surface area contributed by atoms with Gasteiger partial charge in [0.2, 0.25) is 10.0 Å². The van der Waals surface area contributed by atoms with E-state index in [9.17, 15) is 12.8 Å². The van der Waals surface area contributed by atoms with Gasteiger partial charge >= 0.3 is 0 Å². The van der Waals surface area contributed by atoms with Crippen LogP contribution in [0, 0.1) is 12.7 Å². The molecule has 0 amide bonds. The smallest absolute Gasteiger partial charge is 0.243 e. The predicted octanol–water partition coefficient (Wildman–Crippen LogP) is 1.37. The van der Waals surface area contributed by atoms with Crippen molar-refractivity contribution in [2.45, 2.75) is 24.8 Å². The number of nitrogens with two attached hydrogens (primary N) is 1. The number of anilines is 1. The molecule has 1 aromatic rings. The average Bonchev–Trinajstić information content (AvgIpc) is 2.34. The minimum Gasteiger partial charge on any atom is -0.398 e. The first-order chi connectivity index (χ1) is 8.71. The number of nitrogens with zero attached hydrogens (tertiary/aromatic N) is 1. The Kier molecular flexibility index (Phi) is 4.89. The van der Waals surface area contributed by atoms with Crippen molar-refractivity contribution in [3.63, 3.8) is 0 Å². The number of hydrogen-bond donors (Lipinski definition) is 1. The minimum atomic E-state index is -3.79. The Hall–Kier alpha value is -1.18. The second kappa shape index (κ2) is 5.85. The van der Waals surface area contributed by atoms with E-state index < -0.39 is 15.8 Å². The predicted molar refractivity (Wildman–Crippen MR) is 71.8 cm³/mol. The van der Waals surface area contributed by atoms with Crippen LogP contribution in [0.5, 0.6) is 0 Å². The average molecular weight is 290 g/mol. The molecule has 0 heterocycles. The Labute approximate surface area is 113 Å². The van der Waals surface area contributed by atoms with Crippen molar-refractivity contribution in [3.8, 4) is 0 Å². The van der Waals surface area contributed by atoms with Gasteiger partial charge in [-0.25, -0.2) is 12.8 Å². The summed E-state index contributed by atoms with van der Waals surface area (Å²) in [6, 6.07) is 1.89. The van der Waals surface area contributed by atoms with Crippen molar-refractivity contribution in [1.29, 1.82) is 0 Å². The third-order valence-electron chi connectivity index (χ3n) is 3.06. The highest BCUT2D eigenvalue weighted by atomic mass is 32.2. The van der Waals surface area contributed by atoms with Gasteiger partial charge < -0.3 is 10.5 Å². The Morgan fingerprint density at radius 3 is 2.53 bits per heavy atom. The molecular weight excluding hydrogens is 271 g/mol. The second-order valence-electron chi connectivity index (χ2n) is 4.44. The second-order valence-corrected chi connectivity index (χ2v) is 6.44. The fourth-order valence-corrected chi connectivity index (χ4v) is 2.97. The van der Waals surface area contributed by atoms with Gasteiger partial charge in [0.05, 0.1) is 11.5 Å². The number of benzene rings is 1. The number of nitrogen functional groups attached to an aromatic ring is 1. The number of halogens is 1. The Morgan fingerprint density at radius 1 is 1.47 bits per heavy atom. The largest absolute Gasteiger partial charge is 0.398 e. The monoisotopic (exact) mass is 290 g/mol. The molecule has 0 aromatic heterocycles. The molecule has 2 N–H and O–H groups in total. The van der Waals surface area contributed by atoms with E-state index in [0.717, 1.165) is 10.4 Å². The van der Waals surface area contributed by atoms with Gasteiger partial charge in [-0.1, -0.05) is 0 Å². The van der Waals surface area contributed by atoms with Gasteiger partial charge in [0.15, 0.2) is 0 Å². The summed E-state index contributed by atoms with van der Waals surface area (Å²) in [5.41, 5.74) is 5.96. The summed E-state index contributed by atoms with van der Waals surface area (Å²) < 4.78 is 44.3. The molecule has 108 valence electrons. The zero-order valence-electron chi connectivity index (χ0n) is 11.5. The number of hydrogen-bond acceptors (Lipinski definition) is 4. The van der Waals surface area contributed by atoms with E-state index in [-0.39, 0.29) is 28.8 Å². The molecular formula is C12H19FN2O3S. The third kappa shape index (κ3) is 3.23. The number of likely N-dealkylation sites (N-methyl/N-ethyl adjacent to an activating group) is 1. The summed E-state index contributed by atoms with van der Waals surface area (Å²) in [6.45, 7) is 3.45. The van der Waals surface area contributed by atoms with E-state index in [0.29, 0.717) is 0 Å². The molecule has 0 fully saturated rings. The highest BCUT2D eigenvalue weighted by Gasteiger charge is 2.26. The van der Waals surface area contributed by atoms with Gasteiger partial charge in [-0.3, -0.25) is 0 Å². The van der Waals surface area contributed by atoms with Crippen LogP contribution in [0.3, 0.4) is 0 Å². The maximum atomic E-state index is 13.6. The lowest BCUT2D eigenvalue weighted by molar-refractivity contribution is 0.149. The van der Waals surface area contributed by atoms with Crippen LogP contribution in [-0.4, -0.2) is 39.5 Å². The van der Waals surface area contributed by atoms with Gasteiger partial charge in [0, 0.05) is 31.5 Å². The van der Waals surface area contributed by atoms with Crippen LogP contribution in [0.1, 0.15) is 12.5 Å². The summed E-state index contributed by atoms with van der Waals surface area (Å²) in [5, 5.41) is 0. The molecule has 0 aliphatic rings. The molecule has 0 aliphatic heterocycles. The summed E-state index contributed by atoms with van der Waals surface area (Å²) in [4.78, 5) is -0.154. The van der Waals surface area contributed by atoms with E-state index in [4.69, 9.17) is 10.5 Å². The lowest BCUT2D eigenvalue weighted by Gasteiger charge is -2.24. The minimum absolute atomic E-state index is 0.117. The first kappa shape index (κ1) is 15.9. The molecule has 19 heavy (non-hydrogen) atoms. The molecule has 1 atom stereocenters. The maximum Gasteiger partial charge on any atom is 0.243 e. The van der Waals surface area contributed by atoms with Gasteiger partial charge in [-0.05, 0) is 26.0 Å². The molecule has 1 aromatic carbocycles. The Morgan fingerprint density at radius 2 is 2.05 bits per heavy atom. The van der Waals surface area contributed by atoms with Crippen molar-refractivity contribution in [3.05, 3.63) is 23.5 Å². The maximum absolute atomic E-state index is 13.6. The zero-order chi connectivity index (χ0) is 14.8. The van der Waals surface area contributed by atoms with Gasteiger partial charge in [0.25, 0.3) is 0 Å². The van der Waals surface area contributed by atoms with Crippen molar-refractivity contribution in [1.82, 2.24) is 4.31 Å². The van der Waals surface area contributed by atoms with Crippen LogP contribution in [-0.2, 0) is 14.8 Å². The molecule has 0 bridgehead atoms. The van der Waals surface area contributed by atoms with Gasteiger partial charge in [-0.15, -0.1) is 0 Å². The van der Waals surface area contributed by atoms with E-state index in [2.05, 4.69) is 0 Å². The third-order valence-corrected chi connectivity index (χ3v) is 5.01. The first-order valence-electron chi connectivity index (χ1n) is 5.74. The number of sulfonamides is 1. The zero-order valence-corrected chi connectivity index (χ0v) is 12.3. The number of methoxy groups -OCH3 is 1. The van der Waals surface area contributed by atoms with Crippen molar-refractivity contribution < 1.29 is 17.5 Å². The van der Waals surface area contributed by atoms with Crippen molar-refractivity contribution in [2.75, 3.05) is 26.5 Å². The fraction of sp³-hybridized carbons (Fsp3) is 0.500. The van der Waals surface area contributed by atoms with Gasteiger partial charge in [0.1, 0.15) is 5.82 Å². The fourth-order valence-electron chi connectivity index (χ4n) is 1.57. The molecule has 0 spiro atoms. The molecule has 0 saturated heterocycles. The Bertz CT molecular complexity index is 537. The van der Waals surface area contributed by atoms with Crippen LogP contribution < -0.4 is 5.73 Å². The summed E-state index contributed by atoms with van der Waals surface area (Å²) in [7, 11) is -0.879. The van der Waals surface area contributed by atoms with Crippen molar-refractivity contribution >= 4 is 15.7 Å². The number of rotatable bonds is 5. The number of ether oxygens (including phenoxy) is 1. The summed E-state index contributed by atoms with van der Waals surface area (Å²) in [6.07, 6.45) is 0. The van der Waals surface area contributed by atoms with Crippen LogP contribution in [0.4, 0.5) is 10.1 Å². The molecule has 5 nitrogen and oxygen atoms in total. The highest BCUT2D eigenvalue weighted by Crippen LogP contribution is 2.24.